The summed E-state index contributed by atoms with van der Waals surface area (Å²) in [6.07, 6.45) is -4.77. The molecule has 18 heavy (non-hydrogen) atoms. The topological polar surface area (TPSA) is 89.3 Å². The van der Waals surface area contributed by atoms with E-state index < -0.39 is 35.0 Å². The molecular weight excluding hydrogens is 257 g/mol. The van der Waals surface area contributed by atoms with E-state index >= 15 is 0 Å². The van der Waals surface area contributed by atoms with Crippen molar-refractivity contribution >= 4 is 11.7 Å². The summed E-state index contributed by atoms with van der Waals surface area (Å²) in [5.41, 5.74) is -2.41. The van der Waals surface area contributed by atoms with Crippen molar-refractivity contribution in [2.45, 2.75) is 6.18 Å². The van der Waals surface area contributed by atoms with Gasteiger partial charge in [-0.2, -0.15) is 22.7 Å². The highest BCUT2D eigenvalue weighted by Gasteiger charge is 2.34. The highest BCUT2D eigenvalue weighted by atomic mass is 19.4. The number of methoxy groups -OCH3 is 1. The summed E-state index contributed by atoms with van der Waals surface area (Å²) in [6, 6.07) is 0.298. The lowest BCUT2D eigenvalue weighted by Crippen LogP contribution is -2.20. The summed E-state index contributed by atoms with van der Waals surface area (Å²) in [7, 11) is 1.06. The first-order valence-corrected chi connectivity index (χ1v) is 4.48. The molecule has 2 aromatic rings. The third kappa shape index (κ3) is 1.92. The van der Waals surface area contributed by atoms with Gasteiger partial charge in [0.15, 0.2) is 5.69 Å². The number of alkyl halides is 3. The fraction of sp³-hybridized carbons (Fsp3) is 0.250. The summed E-state index contributed by atoms with van der Waals surface area (Å²) in [6.45, 7) is 0. The number of aromatic amines is 1. The summed E-state index contributed by atoms with van der Waals surface area (Å²) in [4.78, 5) is 29.0. The minimum absolute atomic E-state index is 0.298. The number of rotatable bonds is 1. The molecule has 2 aromatic heterocycles. The number of nitrogens with zero attached hydrogens (tertiary/aromatic N) is 3. The minimum atomic E-state index is -4.77. The van der Waals surface area contributed by atoms with E-state index in [1.165, 1.54) is 0 Å². The SMILES string of the molecule is COC(=O)c1nc2nc(C(F)(F)F)cc(=O)n2[nH]1. The number of hydrogen-bond donors (Lipinski definition) is 1. The molecule has 0 aliphatic carbocycles. The van der Waals surface area contributed by atoms with Crippen molar-refractivity contribution in [1.82, 2.24) is 19.6 Å². The van der Waals surface area contributed by atoms with Crippen LogP contribution >= 0.6 is 0 Å². The van der Waals surface area contributed by atoms with E-state index in [9.17, 15) is 22.8 Å². The van der Waals surface area contributed by atoms with Gasteiger partial charge in [-0.25, -0.2) is 9.78 Å². The quantitative estimate of drug-likeness (QED) is 0.743. The summed E-state index contributed by atoms with van der Waals surface area (Å²) in [5, 5.41) is 2.18. The van der Waals surface area contributed by atoms with E-state index in [0.717, 1.165) is 7.11 Å². The molecule has 0 radical (unpaired) electrons. The van der Waals surface area contributed by atoms with Crippen molar-refractivity contribution in [3.63, 3.8) is 0 Å². The third-order valence-electron chi connectivity index (χ3n) is 2.00. The van der Waals surface area contributed by atoms with Crippen LogP contribution in [0.5, 0.6) is 0 Å². The van der Waals surface area contributed by atoms with Gasteiger partial charge in [-0.05, 0) is 0 Å². The second-order valence-corrected chi connectivity index (χ2v) is 3.18. The molecule has 96 valence electrons. The van der Waals surface area contributed by atoms with E-state index in [2.05, 4.69) is 19.8 Å². The molecule has 0 saturated carbocycles. The van der Waals surface area contributed by atoms with Crippen molar-refractivity contribution in [1.29, 1.82) is 0 Å². The molecule has 10 heteroatoms. The van der Waals surface area contributed by atoms with Crippen LogP contribution in [0.3, 0.4) is 0 Å². The van der Waals surface area contributed by atoms with E-state index in [0.29, 0.717) is 10.6 Å². The Bertz CT molecular complexity index is 672. The molecule has 7 nitrogen and oxygen atoms in total. The molecule has 0 atom stereocenters. The minimum Gasteiger partial charge on any atom is -0.463 e. The third-order valence-corrected chi connectivity index (χ3v) is 2.00. The number of ether oxygens (including phenoxy) is 1. The van der Waals surface area contributed by atoms with Gasteiger partial charge in [-0.3, -0.25) is 9.89 Å². The average molecular weight is 262 g/mol. The van der Waals surface area contributed by atoms with E-state index in [-0.39, 0.29) is 0 Å². The van der Waals surface area contributed by atoms with Gasteiger partial charge < -0.3 is 4.74 Å². The predicted molar refractivity (Wildman–Crippen MR) is 49.9 cm³/mol. The zero-order valence-corrected chi connectivity index (χ0v) is 8.78. The first kappa shape index (κ1) is 12.1. The molecule has 2 rings (SSSR count). The van der Waals surface area contributed by atoms with Gasteiger partial charge in [0, 0.05) is 6.07 Å². The van der Waals surface area contributed by atoms with Crippen molar-refractivity contribution in [2.24, 2.45) is 0 Å². The maximum absolute atomic E-state index is 12.4. The zero-order valence-electron chi connectivity index (χ0n) is 8.78. The zero-order chi connectivity index (χ0) is 13.5. The number of H-pyrrole nitrogens is 1. The second kappa shape index (κ2) is 3.82. The van der Waals surface area contributed by atoms with Crippen LogP contribution in [0.1, 0.15) is 16.3 Å². The fourth-order valence-corrected chi connectivity index (χ4v) is 1.21. The molecule has 0 saturated heterocycles. The Labute approximate surface area is 96.2 Å². The van der Waals surface area contributed by atoms with Crippen LogP contribution in [0.4, 0.5) is 13.2 Å². The molecule has 0 aromatic carbocycles. The Morgan fingerprint density at radius 2 is 2.11 bits per heavy atom. The molecule has 0 bridgehead atoms. The standard InChI is InChI=1S/C8H5F3N4O3/c1-18-6(17)5-13-7-12-3(8(9,10)11)2-4(16)15(7)14-5/h2H,1H3,(H,12,13,14). The first-order valence-electron chi connectivity index (χ1n) is 4.48. The Kier molecular flexibility index (Phi) is 2.56. The van der Waals surface area contributed by atoms with Crippen molar-refractivity contribution in [3.05, 3.63) is 27.9 Å². The van der Waals surface area contributed by atoms with Gasteiger partial charge in [-0.1, -0.05) is 0 Å². The number of carbonyl (C=O) groups is 1. The largest absolute Gasteiger partial charge is 0.463 e. The van der Waals surface area contributed by atoms with Gasteiger partial charge in [0.2, 0.25) is 5.82 Å². The van der Waals surface area contributed by atoms with Crippen LogP contribution in [0.25, 0.3) is 5.78 Å². The van der Waals surface area contributed by atoms with Crippen molar-refractivity contribution < 1.29 is 22.7 Å². The van der Waals surface area contributed by atoms with Crippen LogP contribution in [-0.4, -0.2) is 32.7 Å². The van der Waals surface area contributed by atoms with Gasteiger partial charge in [0.25, 0.3) is 11.3 Å². The lowest BCUT2D eigenvalue weighted by molar-refractivity contribution is -0.141. The van der Waals surface area contributed by atoms with Crippen molar-refractivity contribution in [2.75, 3.05) is 7.11 Å². The van der Waals surface area contributed by atoms with E-state index in [4.69, 9.17) is 0 Å². The van der Waals surface area contributed by atoms with Crippen LogP contribution in [-0.2, 0) is 10.9 Å². The fourth-order valence-electron chi connectivity index (χ4n) is 1.21. The lowest BCUT2D eigenvalue weighted by atomic mass is 10.4. The summed E-state index contributed by atoms with van der Waals surface area (Å²) in [5.74, 6) is -1.90. The smallest absolute Gasteiger partial charge is 0.433 e. The monoisotopic (exact) mass is 262 g/mol. The summed E-state index contributed by atoms with van der Waals surface area (Å²) < 4.78 is 42.1. The molecular formula is C8H5F3N4O3. The van der Waals surface area contributed by atoms with Gasteiger partial charge >= 0.3 is 12.1 Å². The number of esters is 1. The Balaban J connectivity index is 2.67. The normalized spacial score (nSPS) is 11.8. The second-order valence-electron chi connectivity index (χ2n) is 3.18. The van der Waals surface area contributed by atoms with Crippen LogP contribution in [0.2, 0.25) is 0 Å². The Morgan fingerprint density at radius 1 is 1.44 bits per heavy atom. The predicted octanol–water partition coefficient (Wildman–Crippen LogP) is 0.223. The number of fused-ring (bicyclic) bond motifs is 1. The molecule has 0 unspecified atom stereocenters. The first-order chi connectivity index (χ1) is 8.32. The number of aromatic nitrogens is 4. The molecule has 0 fully saturated rings. The van der Waals surface area contributed by atoms with Gasteiger partial charge in [-0.15, -0.1) is 0 Å². The number of hydrogen-bond acceptors (Lipinski definition) is 5. The van der Waals surface area contributed by atoms with Crippen molar-refractivity contribution in [3.8, 4) is 0 Å². The molecule has 1 N–H and O–H groups in total. The maximum atomic E-state index is 12.4. The Morgan fingerprint density at radius 3 is 2.67 bits per heavy atom. The van der Waals surface area contributed by atoms with Gasteiger partial charge in [0.1, 0.15) is 0 Å². The van der Waals surface area contributed by atoms with Crippen LogP contribution < -0.4 is 5.56 Å². The molecule has 0 spiro atoms. The molecule has 0 amide bonds. The van der Waals surface area contributed by atoms with E-state index in [1.54, 1.807) is 0 Å². The van der Waals surface area contributed by atoms with Crippen LogP contribution in [0.15, 0.2) is 10.9 Å². The Hall–Kier alpha value is -2.39. The maximum Gasteiger partial charge on any atom is 0.433 e. The molecule has 2 heterocycles. The number of halogens is 3. The highest BCUT2D eigenvalue weighted by Crippen LogP contribution is 2.26. The lowest BCUT2D eigenvalue weighted by Gasteiger charge is -2.03. The number of nitrogens with one attached hydrogen (secondary N) is 1. The molecule has 0 aliphatic rings. The molecule has 0 aliphatic heterocycles. The van der Waals surface area contributed by atoms with Gasteiger partial charge in [0.05, 0.1) is 7.11 Å². The van der Waals surface area contributed by atoms with E-state index in [1.807, 2.05) is 0 Å². The van der Waals surface area contributed by atoms with Crippen LogP contribution in [0, 0.1) is 0 Å². The average Bonchev–Trinajstić information content (AvgIpc) is 2.71. The highest BCUT2D eigenvalue weighted by molar-refractivity contribution is 5.85. The summed E-state index contributed by atoms with van der Waals surface area (Å²) >= 11 is 0. The number of carbonyl (C=O) groups excluding carboxylic acids is 1.